The topological polar surface area (TPSA) is 88.1 Å². The van der Waals surface area contributed by atoms with E-state index in [0.717, 1.165) is 0 Å². The van der Waals surface area contributed by atoms with Crippen molar-refractivity contribution < 1.29 is 9.53 Å². The number of hydrogen-bond donors (Lipinski definition) is 2. The zero-order valence-electron chi connectivity index (χ0n) is 8.67. The van der Waals surface area contributed by atoms with Gasteiger partial charge in [0.1, 0.15) is 6.54 Å². The number of amides is 1. The van der Waals surface area contributed by atoms with Crippen LogP contribution in [0.15, 0.2) is 16.6 Å². The van der Waals surface area contributed by atoms with Crippen molar-refractivity contribution in [2.45, 2.75) is 0 Å². The molecule has 0 aliphatic rings. The standard InChI is InChI=1S/C10H9BrClN3O2/c11-7-3-6(12)4-8(14)10(7)17-5-9(16)15-2-1-13/h3-4H,2,5,14H2,(H,15,16). The SMILES string of the molecule is N#CCNC(=O)COc1c(N)cc(Cl)cc1Br. The Kier molecular flexibility index (Phi) is 5.07. The Morgan fingerprint density at radius 1 is 1.65 bits per heavy atom. The summed E-state index contributed by atoms with van der Waals surface area (Å²) in [5.41, 5.74) is 6.02. The highest BCUT2D eigenvalue weighted by atomic mass is 79.9. The van der Waals surface area contributed by atoms with Crippen molar-refractivity contribution in [1.82, 2.24) is 5.32 Å². The van der Waals surface area contributed by atoms with Gasteiger partial charge in [0.05, 0.1) is 16.2 Å². The molecule has 0 saturated carbocycles. The number of carbonyl (C=O) groups is 1. The second-order valence-corrected chi connectivity index (χ2v) is 4.32. The van der Waals surface area contributed by atoms with Gasteiger partial charge in [0, 0.05) is 5.02 Å². The number of hydrogen-bond acceptors (Lipinski definition) is 4. The summed E-state index contributed by atoms with van der Waals surface area (Å²) in [5, 5.41) is 11.1. The normalized spacial score (nSPS) is 9.47. The van der Waals surface area contributed by atoms with Crippen molar-refractivity contribution in [3.8, 4) is 11.8 Å². The molecule has 1 amide bonds. The minimum absolute atomic E-state index is 0.0561. The Bertz CT molecular complexity index is 450. The third kappa shape index (κ3) is 4.13. The molecule has 90 valence electrons. The fourth-order valence-corrected chi connectivity index (χ4v) is 2.01. The lowest BCUT2D eigenvalue weighted by atomic mass is 10.3. The lowest BCUT2D eigenvalue weighted by Gasteiger charge is -2.10. The highest BCUT2D eigenvalue weighted by Crippen LogP contribution is 2.34. The highest BCUT2D eigenvalue weighted by molar-refractivity contribution is 9.10. The molecule has 0 heterocycles. The van der Waals surface area contributed by atoms with Gasteiger partial charge in [0.25, 0.3) is 5.91 Å². The first-order chi connectivity index (χ1) is 8.04. The van der Waals surface area contributed by atoms with Gasteiger partial charge in [-0.2, -0.15) is 5.26 Å². The molecule has 0 bridgehead atoms. The minimum Gasteiger partial charge on any atom is -0.480 e. The predicted molar refractivity (Wildman–Crippen MR) is 67.7 cm³/mol. The van der Waals surface area contributed by atoms with Gasteiger partial charge in [-0.15, -0.1) is 0 Å². The van der Waals surface area contributed by atoms with E-state index in [-0.39, 0.29) is 13.2 Å². The predicted octanol–water partition coefficient (Wildman–Crippen LogP) is 1.70. The van der Waals surface area contributed by atoms with Gasteiger partial charge >= 0.3 is 0 Å². The van der Waals surface area contributed by atoms with Gasteiger partial charge in [-0.25, -0.2) is 0 Å². The molecule has 1 aromatic carbocycles. The van der Waals surface area contributed by atoms with Gasteiger partial charge in [0.15, 0.2) is 12.4 Å². The first-order valence-electron chi connectivity index (χ1n) is 4.55. The van der Waals surface area contributed by atoms with Crippen molar-refractivity contribution >= 4 is 39.1 Å². The zero-order chi connectivity index (χ0) is 12.8. The van der Waals surface area contributed by atoms with E-state index in [1.807, 2.05) is 0 Å². The van der Waals surface area contributed by atoms with E-state index in [1.54, 1.807) is 12.1 Å². The van der Waals surface area contributed by atoms with E-state index >= 15 is 0 Å². The van der Waals surface area contributed by atoms with Crippen LogP contribution in [0.25, 0.3) is 0 Å². The number of benzene rings is 1. The molecule has 1 aromatic rings. The number of nitrogens with zero attached hydrogens (tertiary/aromatic N) is 1. The molecule has 0 unspecified atom stereocenters. The van der Waals surface area contributed by atoms with Crippen LogP contribution in [0, 0.1) is 11.3 Å². The zero-order valence-corrected chi connectivity index (χ0v) is 11.0. The fraction of sp³-hybridized carbons (Fsp3) is 0.200. The number of ether oxygens (including phenoxy) is 1. The second kappa shape index (κ2) is 6.33. The van der Waals surface area contributed by atoms with Gasteiger partial charge in [-0.3, -0.25) is 4.79 Å². The summed E-state index contributed by atoms with van der Waals surface area (Å²) in [7, 11) is 0. The largest absolute Gasteiger partial charge is 0.480 e. The lowest BCUT2D eigenvalue weighted by molar-refractivity contribution is -0.122. The summed E-state index contributed by atoms with van der Waals surface area (Å²) in [6.07, 6.45) is 0. The number of nitrogens with two attached hydrogens (primary N) is 1. The first-order valence-corrected chi connectivity index (χ1v) is 5.72. The molecule has 0 radical (unpaired) electrons. The van der Waals surface area contributed by atoms with E-state index in [2.05, 4.69) is 21.2 Å². The minimum atomic E-state index is -0.396. The fourth-order valence-electron chi connectivity index (χ4n) is 1.06. The molecule has 0 saturated heterocycles. The van der Waals surface area contributed by atoms with Crippen LogP contribution in [0.5, 0.6) is 5.75 Å². The van der Waals surface area contributed by atoms with E-state index in [0.29, 0.717) is 20.9 Å². The van der Waals surface area contributed by atoms with E-state index < -0.39 is 5.91 Å². The molecule has 0 aliphatic heterocycles. The number of nitrogen functional groups attached to an aromatic ring is 1. The molecular weight excluding hydrogens is 309 g/mol. The van der Waals surface area contributed by atoms with Crippen LogP contribution >= 0.6 is 27.5 Å². The number of rotatable bonds is 4. The van der Waals surface area contributed by atoms with Gasteiger partial charge in [-0.05, 0) is 28.1 Å². The van der Waals surface area contributed by atoms with Crippen molar-refractivity contribution in [3.63, 3.8) is 0 Å². The summed E-state index contributed by atoms with van der Waals surface area (Å²) in [4.78, 5) is 11.2. The lowest BCUT2D eigenvalue weighted by Crippen LogP contribution is -2.29. The van der Waals surface area contributed by atoms with Gasteiger partial charge in [0.2, 0.25) is 0 Å². The third-order valence-corrected chi connectivity index (χ3v) is 2.56. The molecule has 17 heavy (non-hydrogen) atoms. The third-order valence-electron chi connectivity index (χ3n) is 1.75. The summed E-state index contributed by atoms with van der Waals surface area (Å²) >= 11 is 9.00. The number of nitriles is 1. The molecule has 0 spiro atoms. The summed E-state index contributed by atoms with van der Waals surface area (Å²) in [5.74, 6) is -0.0469. The number of anilines is 1. The first kappa shape index (κ1) is 13.6. The average Bonchev–Trinajstić information content (AvgIpc) is 2.24. The average molecular weight is 319 g/mol. The van der Waals surface area contributed by atoms with Gasteiger partial charge < -0.3 is 15.8 Å². The molecule has 0 aromatic heterocycles. The van der Waals surface area contributed by atoms with Gasteiger partial charge in [-0.1, -0.05) is 11.6 Å². The van der Waals surface area contributed by atoms with Crippen LogP contribution in [0.1, 0.15) is 0 Å². The van der Waals surface area contributed by atoms with E-state index in [1.165, 1.54) is 6.07 Å². The maximum absolute atomic E-state index is 11.2. The van der Waals surface area contributed by atoms with Crippen molar-refractivity contribution in [2.75, 3.05) is 18.9 Å². The molecule has 0 fully saturated rings. The molecular formula is C10H9BrClN3O2. The molecule has 1 rings (SSSR count). The van der Waals surface area contributed by atoms with Crippen LogP contribution in [-0.2, 0) is 4.79 Å². The van der Waals surface area contributed by atoms with Crippen LogP contribution in [0.4, 0.5) is 5.69 Å². The Morgan fingerprint density at radius 2 is 2.35 bits per heavy atom. The van der Waals surface area contributed by atoms with E-state index in [9.17, 15) is 4.79 Å². The van der Waals surface area contributed by atoms with E-state index in [4.69, 9.17) is 27.3 Å². The Hall–Kier alpha value is -1.45. The van der Waals surface area contributed by atoms with Crippen LogP contribution in [0.2, 0.25) is 5.02 Å². The van der Waals surface area contributed by atoms with Crippen LogP contribution in [-0.4, -0.2) is 19.1 Å². The van der Waals surface area contributed by atoms with Crippen molar-refractivity contribution in [1.29, 1.82) is 5.26 Å². The van der Waals surface area contributed by atoms with Crippen molar-refractivity contribution in [2.24, 2.45) is 0 Å². The maximum Gasteiger partial charge on any atom is 0.258 e. The summed E-state index contributed by atoms with van der Waals surface area (Å²) in [6, 6.07) is 4.92. The second-order valence-electron chi connectivity index (χ2n) is 3.03. The molecule has 0 aliphatic carbocycles. The summed E-state index contributed by atoms with van der Waals surface area (Å²) in [6.45, 7) is -0.272. The maximum atomic E-state index is 11.2. The molecule has 7 heteroatoms. The smallest absolute Gasteiger partial charge is 0.258 e. The number of carbonyl (C=O) groups excluding carboxylic acids is 1. The van der Waals surface area contributed by atoms with Crippen LogP contribution in [0.3, 0.4) is 0 Å². The Morgan fingerprint density at radius 3 is 2.94 bits per heavy atom. The summed E-state index contributed by atoms with van der Waals surface area (Å²) < 4.78 is 5.79. The number of nitrogens with one attached hydrogen (secondary N) is 1. The highest BCUT2D eigenvalue weighted by Gasteiger charge is 2.10. The van der Waals surface area contributed by atoms with Crippen molar-refractivity contribution in [3.05, 3.63) is 21.6 Å². The van der Waals surface area contributed by atoms with Crippen LogP contribution < -0.4 is 15.8 Å². The quantitative estimate of drug-likeness (QED) is 0.653. The molecule has 3 N–H and O–H groups in total. The molecule has 0 atom stereocenters. The Balaban J connectivity index is 2.64. The Labute approximate surface area is 112 Å². The number of halogens is 2. The molecule has 5 nitrogen and oxygen atoms in total. The monoisotopic (exact) mass is 317 g/mol.